The highest BCUT2D eigenvalue weighted by atomic mass is 32.1. The van der Waals surface area contributed by atoms with Gasteiger partial charge in [-0.25, -0.2) is 9.37 Å². The third-order valence-corrected chi connectivity index (χ3v) is 10.3. The second kappa shape index (κ2) is 15.7. The van der Waals surface area contributed by atoms with Gasteiger partial charge in [0.15, 0.2) is 23.3 Å². The molecular weight excluding hydrogens is 698 g/mol. The molecule has 52 heavy (non-hydrogen) atoms. The van der Waals surface area contributed by atoms with Gasteiger partial charge in [0.2, 0.25) is 11.7 Å². The average molecular weight is 737 g/mol. The summed E-state index contributed by atoms with van der Waals surface area (Å²) < 4.78 is 41.6. The summed E-state index contributed by atoms with van der Waals surface area (Å²) in [6.07, 6.45) is 5.97. The average Bonchev–Trinajstić information content (AvgIpc) is 3.76. The molecule has 0 radical (unpaired) electrons. The minimum Gasteiger partial charge on any atom is -0.480 e. The summed E-state index contributed by atoms with van der Waals surface area (Å²) in [4.78, 5) is 56.2. The molecular formula is C35H38F2N8O6S. The third-order valence-electron chi connectivity index (χ3n) is 9.42. The molecule has 3 atom stereocenters. The molecule has 3 aliphatic rings. The minimum absolute atomic E-state index is 0.121. The zero-order chi connectivity index (χ0) is 36.2. The molecule has 3 fully saturated rings. The lowest BCUT2D eigenvalue weighted by atomic mass is 10.1. The van der Waals surface area contributed by atoms with Crippen molar-refractivity contribution in [1.29, 1.82) is 0 Å². The van der Waals surface area contributed by atoms with Crippen LogP contribution in [0, 0.1) is 11.6 Å². The highest BCUT2D eigenvalue weighted by molar-refractivity contribution is 7.14. The maximum atomic E-state index is 14.9. The highest BCUT2D eigenvalue weighted by Crippen LogP contribution is 2.38. The number of aromatic nitrogens is 4. The normalized spacial score (nSPS) is 19.9. The minimum atomic E-state index is -1.17. The number of thiazole rings is 1. The first kappa shape index (κ1) is 35.4. The van der Waals surface area contributed by atoms with Crippen LogP contribution in [0.5, 0.6) is 5.75 Å². The molecule has 3 saturated heterocycles. The predicted molar refractivity (Wildman–Crippen MR) is 188 cm³/mol. The number of nitrogens with one attached hydrogen (secondary N) is 3. The number of imide groups is 1. The number of carbonyl (C=O) groups excluding carboxylic acids is 3. The Kier molecular flexibility index (Phi) is 10.7. The highest BCUT2D eigenvalue weighted by Gasteiger charge is 2.35. The van der Waals surface area contributed by atoms with Crippen molar-refractivity contribution in [3.63, 3.8) is 0 Å². The second-order valence-electron chi connectivity index (χ2n) is 13.1. The topological polar surface area (TPSA) is 170 Å². The molecule has 0 saturated carbocycles. The van der Waals surface area contributed by atoms with Gasteiger partial charge in [0, 0.05) is 49.2 Å². The fourth-order valence-electron chi connectivity index (χ4n) is 6.72. The van der Waals surface area contributed by atoms with Gasteiger partial charge >= 0.3 is 0 Å². The van der Waals surface area contributed by atoms with E-state index in [2.05, 4.69) is 36.1 Å². The maximum Gasteiger partial charge on any atom is 0.278 e. The Morgan fingerprint density at radius 3 is 2.60 bits per heavy atom. The Bertz CT molecular complexity index is 2030. The summed E-state index contributed by atoms with van der Waals surface area (Å²) in [5.41, 5.74) is 1.39. The van der Waals surface area contributed by atoms with Crippen LogP contribution in [0.3, 0.4) is 0 Å². The number of nitrogens with zero attached hydrogens (tertiary/aromatic N) is 5. The number of anilines is 2. The molecule has 3 aliphatic heterocycles. The number of unbranched alkanes of at least 4 members (excludes halogenated alkanes) is 3. The van der Waals surface area contributed by atoms with Gasteiger partial charge in [0.25, 0.3) is 17.4 Å². The van der Waals surface area contributed by atoms with Crippen molar-refractivity contribution in [3.8, 4) is 17.0 Å². The van der Waals surface area contributed by atoms with Gasteiger partial charge in [-0.1, -0.05) is 18.1 Å². The molecule has 3 unspecified atom stereocenters. The van der Waals surface area contributed by atoms with Crippen LogP contribution in [0.4, 0.5) is 19.6 Å². The Labute approximate surface area is 300 Å². The molecule has 3 amide bonds. The molecule has 7 rings (SSSR count). The van der Waals surface area contributed by atoms with E-state index < -0.39 is 41.7 Å². The Morgan fingerprint density at radius 1 is 1.02 bits per heavy atom. The van der Waals surface area contributed by atoms with Gasteiger partial charge in [-0.05, 0) is 62.4 Å². The summed E-state index contributed by atoms with van der Waals surface area (Å²) in [5.74, 6) is -3.98. The van der Waals surface area contributed by atoms with Gasteiger partial charge in [-0.3, -0.25) is 24.5 Å². The molecule has 5 heterocycles. The number of carbonyl (C=O) groups is 3. The predicted octanol–water partition coefficient (Wildman–Crippen LogP) is 3.71. The number of fused-ring (bicyclic) bond motifs is 3. The van der Waals surface area contributed by atoms with Crippen LogP contribution >= 0.6 is 11.3 Å². The Balaban J connectivity index is 0.834. The quantitative estimate of drug-likeness (QED) is 0.128. The molecule has 2 aromatic carbocycles. The fourth-order valence-corrected chi connectivity index (χ4v) is 7.56. The molecule has 14 nitrogen and oxygen atoms in total. The number of halogens is 2. The largest absolute Gasteiger partial charge is 0.480 e. The van der Waals surface area contributed by atoms with E-state index in [4.69, 9.17) is 9.47 Å². The van der Waals surface area contributed by atoms with E-state index in [1.807, 2.05) is 0 Å². The van der Waals surface area contributed by atoms with Crippen molar-refractivity contribution in [1.82, 2.24) is 30.6 Å². The second-order valence-corrected chi connectivity index (χ2v) is 14.0. The summed E-state index contributed by atoms with van der Waals surface area (Å²) in [6.45, 7) is 2.05. The number of rotatable bonds is 14. The van der Waals surface area contributed by atoms with E-state index in [1.54, 1.807) is 23.6 Å². The van der Waals surface area contributed by atoms with Crippen LogP contribution in [0.1, 0.15) is 57.4 Å². The van der Waals surface area contributed by atoms with Crippen molar-refractivity contribution < 1.29 is 32.6 Å². The van der Waals surface area contributed by atoms with Crippen molar-refractivity contribution >= 4 is 50.8 Å². The first-order valence-corrected chi connectivity index (χ1v) is 18.3. The number of ether oxygens (including phenoxy) is 2. The standard InChI is InChI=1S/C35H38F2N8O6S/c36-25-9-8-23(27-19-52-35(40-27)44-16-21-6-7-22(17-44)51-21)32(31(25)37)50-18-30(47)39-14-4-2-1-3-13-38-20-5-10-26-24(15-20)34(49)45(43-42-26)28-11-12-29(46)41-33(28)48/h5,8-10,15,19,21-22,28,38H,1-4,6-7,11-14,16-18H2,(H,39,47)(H,41,46,48). The molecule has 0 spiro atoms. The van der Waals surface area contributed by atoms with Crippen LogP contribution in [0.15, 0.2) is 40.5 Å². The van der Waals surface area contributed by atoms with Gasteiger partial charge in [0.05, 0.1) is 23.3 Å². The van der Waals surface area contributed by atoms with E-state index in [9.17, 15) is 28.0 Å². The lowest BCUT2D eigenvalue weighted by Crippen LogP contribution is -2.45. The van der Waals surface area contributed by atoms with Gasteiger partial charge < -0.3 is 25.0 Å². The van der Waals surface area contributed by atoms with Crippen LogP contribution in [-0.4, -0.2) is 82.7 Å². The van der Waals surface area contributed by atoms with Crippen LogP contribution < -0.4 is 31.1 Å². The molecule has 3 N–H and O–H groups in total. The van der Waals surface area contributed by atoms with Gasteiger partial charge in [0.1, 0.15) is 11.6 Å². The third kappa shape index (κ3) is 7.89. The van der Waals surface area contributed by atoms with Crippen molar-refractivity contribution in [2.45, 2.75) is 69.6 Å². The summed E-state index contributed by atoms with van der Waals surface area (Å²) in [7, 11) is 0. The van der Waals surface area contributed by atoms with E-state index in [-0.39, 0.29) is 42.3 Å². The van der Waals surface area contributed by atoms with E-state index >= 15 is 0 Å². The number of morpholine rings is 1. The summed E-state index contributed by atoms with van der Waals surface area (Å²) >= 11 is 1.42. The number of amides is 3. The zero-order valence-corrected chi connectivity index (χ0v) is 29.1. The van der Waals surface area contributed by atoms with Crippen molar-refractivity contribution in [2.75, 3.05) is 43.0 Å². The van der Waals surface area contributed by atoms with Crippen molar-refractivity contribution in [3.05, 3.63) is 57.7 Å². The first-order chi connectivity index (χ1) is 25.2. The molecule has 0 aliphatic carbocycles. The molecule has 2 aromatic heterocycles. The van der Waals surface area contributed by atoms with E-state index in [0.717, 1.165) is 66.8 Å². The lowest BCUT2D eigenvalue weighted by Gasteiger charge is -2.31. The molecule has 4 aromatic rings. The Morgan fingerprint density at radius 2 is 1.81 bits per heavy atom. The van der Waals surface area contributed by atoms with Crippen LogP contribution in [-0.2, 0) is 19.1 Å². The number of hydrogen-bond acceptors (Lipinski definition) is 12. The van der Waals surface area contributed by atoms with Gasteiger partial charge in [-0.15, -0.1) is 16.4 Å². The molecule has 274 valence electrons. The SMILES string of the molecule is O=C(COc1c(-c2csc(N3CC4CCC(C3)O4)n2)ccc(F)c1F)NCCCCCCNc1ccc2nnn(C3CCC(=O)NC3=O)c(=O)c2c1. The lowest BCUT2D eigenvalue weighted by molar-refractivity contribution is -0.136. The van der Waals surface area contributed by atoms with E-state index in [0.29, 0.717) is 36.1 Å². The first-order valence-electron chi connectivity index (χ1n) is 17.4. The summed E-state index contributed by atoms with van der Waals surface area (Å²) in [6, 6.07) is 6.71. The van der Waals surface area contributed by atoms with Crippen LogP contribution in [0.25, 0.3) is 22.2 Å². The van der Waals surface area contributed by atoms with Crippen molar-refractivity contribution in [2.24, 2.45) is 0 Å². The van der Waals surface area contributed by atoms with E-state index in [1.165, 1.54) is 17.4 Å². The fraction of sp³-hybridized carbons (Fsp3) is 0.457. The summed E-state index contributed by atoms with van der Waals surface area (Å²) in [5, 5.41) is 19.2. The zero-order valence-electron chi connectivity index (χ0n) is 28.2. The van der Waals surface area contributed by atoms with Gasteiger partial charge in [-0.2, -0.15) is 9.07 Å². The number of benzene rings is 2. The number of hydrogen-bond donors (Lipinski definition) is 3. The number of piperidine rings is 1. The molecule has 2 bridgehead atoms. The Hall–Kier alpha value is -5.03. The monoisotopic (exact) mass is 736 g/mol. The van der Waals surface area contributed by atoms with Crippen LogP contribution in [0.2, 0.25) is 0 Å². The smallest absolute Gasteiger partial charge is 0.278 e. The molecule has 17 heteroatoms. The maximum absolute atomic E-state index is 14.9.